The normalized spacial score (nSPS) is 12.9. The van der Waals surface area contributed by atoms with E-state index < -0.39 is 77.0 Å². The molecule has 5 amide bonds. The van der Waals surface area contributed by atoms with Crippen LogP contribution in [0, 0.1) is 11.6 Å². The standard InChI is InChI=1S/C23H34F2N8O6/c1-11(34)31-16(5-6-19(26)36)22(39)33(2)18(4-3-7-30-23(28)29)21(38)32-17(20(27)37)10-13-14(24)8-12(35)9-15(13)25/h8-9,16-18,35H,3-7,10H2,1-2H3,(H2,26,36)(H2,27,37)(H,31,34)(H,32,38)(H4,28,29,30)/t16-,17-,18-/m0/s1. The van der Waals surface area contributed by atoms with Gasteiger partial charge in [-0.05, 0) is 19.3 Å². The van der Waals surface area contributed by atoms with Crippen molar-refractivity contribution in [1.29, 1.82) is 0 Å². The summed E-state index contributed by atoms with van der Waals surface area (Å²) in [7, 11) is 1.25. The Hall–Kier alpha value is -4.50. The predicted octanol–water partition coefficient (Wildman–Crippen LogP) is -2.17. The van der Waals surface area contributed by atoms with Gasteiger partial charge in [0.15, 0.2) is 5.96 Å². The van der Waals surface area contributed by atoms with Gasteiger partial charge in [-0.1, -0.05) is 0 Å². The number of hydrogen-bond donors (Lipinski definition) is 7. The van der Waals surface area contributed by atoms with Gasteiger partial charge in [0, 0.05) is 51.1 Å². The van der Waals surface area contributed by atoms with E-state index in [-0.39, 0.29) is 38.2 Å². The number of benzene rings is 1. The Balaban J connectivity index is 3.25. The molecule has 1 rings (SSSR count). The molecular formula is C23H34F2N8O6. The highest BCUT2D eigenvalue weighted by atomic mass is 19.1. The molecule has 0 aromatic heterocycles. The second kappa shape index (κ2) is 15.0. The highest BCUT2D eigenvalue weighted by Crippen LogP contribution is 2.21. The summed E-state index contributed by atoms with van der Waals surface area (Å²) in [4.78, 5) is 66.2. The summed E-state index contributed by atoms with van der Waals surface area (Å²) in [5.41, 5.74) is 20.5. The molecule has 1 aromatic rings. The number of likely N-dealkylation sites (N-methyl/N-ethyl adjacent to an activating group) is 1. The molecule has 0 aliphatic carbocycles. The lowest BCUT2D eigenvalue weighted by Gasteiger charge is -2.31. The Labute approximate surface area is 223 Å². The highest BCUT2D eigenvalue weighted by Gasteiger charge is 2.33. The van der Waals surface area contributed by atoms with Gasteiger partial charge < -0.3 is 43.6 Å². The molecule has 216 valence electrons. The molecule has 0 fully saturated rings. The van der Waals surface area contributed by atoms with Gasteiger partial charge in [-0.2, -0.15) is 0 Å². The van der Waals surface area contributed by atoms with E-state index in [9.17, 15) is 37.9 Å². The Bertz CT molecular complexity index is 1090. The first-order valence-electron chi connectivity index (χ1n) is 11.8. The van der Waals surface area contributed by atoms with E-state index in [2.05, 4.69) is 15.6 Å². The van der Waals surface area contributed by atoms with Crippen LogP contribution in [0.5, 0.6) is 5.75 Å². The molecule has 3 atom stereocenters. The summed E-state index contributed by atoms with van der Waals surface area (Å²) in [6, 6.07) is -2.83. The van der Waals surface area contributed by atoms with Crippen molar-refractivity contribution in [3.05, 3.63) is 29.3 Å². The molecule has 0 aliphatic rings. The van der Waals surface area contributed by atoms with Crippen molar-refractivity contribution < 1.29 is 37.9 Å². The number of phenolic OH excluding ortho intramolecular Hbond substituents is 1. The van der Waals surface area contributed by atoms with Crippen LogP contribution >= 0.6 is 0 Å². The molecule has 0 unspecified atom stereocenters. The van der Waals surface area contributed by atoms with E-state index >= 15 is 0 Å². The lowest BCUT2D eigenvalue weighted by molar-refractivity contribution is -0.142. The number of amides is 5. The number of nitrogens with zero attached hydrogens (tertiary/aromatic N) is 2. The zero-order chi connectivity index (χ0) is 29.9. The van der Waals surface area contributed by atoms with Crippen LogP contribution in [-0.4, -0.2) is 77.2 Å². The van der Waals surface area contributed by atoms with E-state index in [4.69, 9.17) is 22.9 Å². The molecule has 0 bridgehead atoms. The van der Waals surface area contributed by atoms with Crippen LogP contribution in [0.3, 0.4) is 0 Å². The molecule has 14 nitrogen and oxygen atoms in total. The van der Waals surface area contributed by atoms with E-state index in [1.165, 1.54) is 7.05 Å². The van der Waals surface area contributed by atoms with Crippen LogP contribution in [0.4, 0.5) is 8.78 Å². The number of hydrogen-bond acceptors (Lipinski definition) is 7. The van der Waals surface area contributed by atoms with Crippen LogP contribution in [0.2, 0.25) is 0 Å². The molecule has 1 aromatic carbocycles. The molecule has 0 radical (unpaired) electrons. The fraction of sp³-hybridized carbons (Fsp3) is 0.478. The number of halogens is 2. The number of nitrogens with one attached hydrogen (secondary N) is 2. The fourth-order valence-corrected chi connectivity index (χ4v) is 3.66. The number of primary amides is 2. The zero-order valence-corrected chi connectivity index (χ0v) is 21.6. The number of guanidine groups is 1. The molecule has 39 heavy (non-hydrogen) atoms. The number of nitrogens with two attached hydrogens (primary N) is 4. The van der Waals surface area contributed by atoms with Gasteiger partial charge in [0.2, 0.25) is 29.5 Å². The van der Waals surface area contributed by atoms with E-state index in [1.54, 1.807) is 0 Å². The molecule has 16 heteroatoms. The van der Waals surface area contributed by atoms with Crippen molar-refractivity contribution >= 4 is 35.5 Å². The van der Waals surface area contributed by atoms with Crippen LogP contribution in [0.25, 0.3) is 0 Å². The maximum absolute atomic E-state index is 14.2. The minimum Gasteiger partial charge on any atom is -0.508 e. The Kier molecular flexibility index (Phi) is 12.5. The number of carbonyl (C=O) groups is 5. The summed E-state index contributed by atoms with van der Waals surface area (Å²) >= 11 is 0. The SMILES string of the molecule is CC(=O)N[C@@H](CCC(N)=O)C(=O)N(C)[C@@H](CCCN=C(N)N)C(=O)N[C@@H](Cc1c(F)cc(O)cc1F)C(N)=O. The third-order valence-corrected chi connectivity index (χ3v) is 5.60. The maximum Gasteiger partial charge on any atom is 0.245 e. The molecule has 11 N–H and O–H groups in total. The molecule has 0 saturated carbocycles. The number of carbonyl (C=O) groups excluding carboxylic acids is 5. The first kappa shape index (κ1) is 32.5. The van der Waals surface area contributed by atoms with Gasteiger partial charge in [-0.15, -0.1) is 0 Å². The monoisotopic (exact) mass is 556 g/mol. The van der Waals surface area contributed by atoms with Crippen LogP contribution in [0.15, 0.2) is 17.1 Å². The van der Waals surface area contributed by atoms with Crippen LogP contribution < -0.4 is 33.6 Å². The van der Waals surface area contributed by atoms with Gasteiger partial charge in [-0.3, -0.25) is 29.0 Å². The Morgan fingerprint density at radius 2 is 1.59 bits per heavy atom. The largest absolute Gasteiger partial charge is 0.508 e. The third-order valence-electron chi connectivity index (χ3n) is 5.60. The quantitative estimate of drug-likeness (QED) is 0.0709. The van der Waals surface area contributed by atoms with Crippen molar-refractivity contribution in [2.24, 2.45) is 27.9 Å². The second-order valence-electron chi connectivity index (χ2n) is 8.73. The molecule has 0 saturated heterocycles. The first-order valence-corrected chi connectivity index (χ1v) is 11.8. The van der Waals surface area contributed by atoms with Crippen molar-refractivity contribution in [1.82, 2.24) is 15.5 Å². The minimum absolute atomic E-state index is 0.0408. The molecule has 0 heterocycles. The van der Waals surface area contributed by atoms with Crippen molar-refractivity contribution in [3.8, 4) is 5.75 Å². The smallest absolute Gasteiger partial charge is 0.245 e. The maximum atomic E-state index is 14.2. The summed E-state index contributed by atoms with van der Waals surface area (Å²) in [5, 5.41) is 14.0. The Morgan fingerprint density at radius 3 is 2.08 bits per heavy atom. The third kappa shape index (κ3) is 10.8. The lowest BCUT2D eigenvalue weighted by atomic mass is 10.0. The average Bonchev–Trinajstić information content (AvgIpc) is 2.81. The number of aliphatic imine (C=N–C) groups is 1. The lowest BCUT2D eigenvalue weighted by Crippen LogP contribution is -2.57. The summed E-state index contributed by atoms with van der Waals surface area (Å²) in [5.74, 6) is -7.29. The minimum atomic E-state index is -1.60. The van der Waals surface area contributed by atoms with Gasteiger partial charge in [0.25, 0.3) is 0 Å². The summed E-state index contributed by atoms with van der Waals surface area (Å²) in [6.45, 7) is 1.23. The van der Waals surface area contributed by atoms with Crippen molar-refractivity contribution in [3.63, 3.8) is 0 Å². The molecule has 0 aliphatic heterocycles. The number of aromatic hydroxyl groups is 1. The average molecular weight is 557 g/mol. The van der Waals surface area contributed by atoms with Gasteiger partial charge >= 0.3 is 0 Å². The first-order chi connectivity index (χ1) is 18.1. The number of rotatable bonds is 15. The summed E-state index contributed by atoms with van der Waals surface area (Å²) < 4.78 is 28.5. The summed E-state index contributed by atoms with van der Waals surface area (Å²) in [6.07, 6.45) is -0.934. The van der Waals surface area contributed by atoms with Gasteiger partial charge in [0.1, 0.15) is 35.5 Å². The van der Waals surface area contributed by atoms with E-state index in [0.29, 0.717) is 12.1 Å². The fourth-order valence-electron chi connectivity index (χ4n) is 3.66. The van der Waals surface area contributed by atoms with Gasteiger partial charge in [0.05, 0.1) is 0 Å². The van der Waals surface area contributed by atoms with Crippen LogP contribution in [-0.2, 0) is 30.4 Å². The Morgan fingerprint density at radius 1 is 1.00 bits per heavy atom. The van der Waals surface area contributed by atoms with Crippen LogP contribution in [0.1, 0.15) is 38.2 Å². The van der Waals surface area contributed by atoms with Crippen molar-refractivity contribution in [2.75, 3.05) is 13.6 Å². The highest BCUT2D eigenvalue weighted by molar-refractivity contribution is 5.94. The zero-order valence-electron chi connectivity index (χ0n) is 21.6. The van der Waals surface area contributed by atoms with Crippen molar-refractivity contribution in [2.45, 2.75) is 57.2 Å². The molecule has 0 spiro atoms. The molecular weight excluding hydrogens is 522 g/mol. The predicted molar refractivity (Wildman–Crippen MR) is 135 cm³/mol. The van der Waals surface area contributed by atoms with E-state index in [0.717, 1.165) is 11.8 Å². The van der Waals surface area contributed by atoms with E-state index in [1.807, 2.05) is 0 Å². The second-order valence-corrected chi connectivity index (χ2v) is 8.73. The van der Waals surface area contributed by atoms with Gasteiger partial charge in [-0.25, -0.2) is 8.78 Å². The topological polar surface area (TPSA) is 249 Å². The number of phenols is 1.